The lowest BCUT2D eigenvalue weighted by Gasteiger charge is -2.26. The molecule has 0 saturated carbocycles. The molecule has 1 heterocycles. The van der Waals surface area contributed by atoms with Gasteiger partial charge in [0.15, 0.2) is 0 Å². The predicted molar refractivity (Wildman–Crippen MR) is 76.6 cm³/mol. The first-order chi connectivity index (χ1) is 8.49. The van der Waals surface area contributed by atoms with Crippen LogP contribution in [0.3, 0.4) is 0 Å². The van der Waals surface area contributed by atoms with Crippen molar-refractivity contribution < 1.29 is 9.90 Å². The normalized spacial score (nSPS) is 23.1. The molecular weight excluding hydrogens is 364 g/mol. The molecule has 1 aliphatic rings. The van der Waals surface area contributed by atoms with E-state index in [1.165, 1.54) is 0 Å². The highest BCUT2D eigenvalue weighted by Crippen LogP contribution is 2.22. The Hall–Kier alpha value is -0.430. The van der Waals surface area contributed by atoms with E-state index in [4.69, 9.17) is 0 Å². The molecule has 2 atom stereocenters. The van der Waals surface area contributed by atoms with Crippen LogP contribution in [0.15, 0.2) is 27.1 Å². The van der Waals surface area contributed by atoms with E-state index in [-0.39, 0.29) is 11.9 Å². The van der Waals surface area contributed by atoms with Crippen LogP contribution in [0.1, 0.15) is 10.4 Å². The highest BCUT2D eigenvalue weighted by molar-refractivity contribution is 9.11. The van der Waals surface area contributed by atoms with Gasteiger partial charge in [-0.25, -0.2) is 0 Å². The molecule has 18 heavy (non-hydrogen) atoms. The van der Waals surface area contributed by atoms with Crippen LogP contribution in [0.5, 0.6) is 0 Å². The quantitative estimate of drug-likeness (QED) is 0.823. The molecule has 1 aromatic carbocycles. The number of aliphatic hydroxyl groups excluding tert-OH is 1. The van der Waals surface area contributed by atoms with Crippen LogP contribution >= 0.6 is 31.9 Å². The summed E-state index contributed by atoms with van der Waals surface area (Å²) >= 11 is 6.73. The van der Waals surface area contributed by atoms with E-state index in [1.54, 1.807) is 24.1 Å². The Morgan fingerprint density at radius 3 is 2.44 bits per heavy atom. The van der Waals surface area contributed by atoms with Crippen molar-refractivity contribution in [3.05, 3.63) is 32.7 Å². The molecule has 1 aliphatic heterocycles. The zero-order valence-corrected chi connectivity index (χ0v) is 13.0. The standard InChI is InChI=1S/C12H14Br2N2O2/c1-16(10-5-15-6-11(10)17)12(18)7-2-8(13)4-9(14)3-7/h2-4,10-11,15,17H,5-6H2,1H3/t10-,11-/m0/s1. The molecule has 98 valence electrons. The van der Waals surface area contributed by atoms with Crippen LogP contribution < -0.4 is 5.32 Å². The molecule has 2 N–H and O–H groups in total. The van der Waals surface area contributed by atoms with E-state index in [1.807, 2.05) is 6.07 Å². The minimum Gasteiger partial charge on any atom is -0.390 e. The largest absolute Gasteiger partial charge is 0.390 e. The van der Waals surface area contributed by atoms with Gasteiger partial charge in [0.2, 0.25) is 0 Å². The summed E-state index contributed by atoms with van der Waals surface area (Å²) in [6.07, 6.45) is -0.505. The van der Waals surface area contributed by atoms with Crippen molar-refractivity contribution in [2.75, 3.05) is 20.1 Å². The van der Waals surface area contributed by atoms with Gasteiger partial charge in [-0.1, -0.05) is 31.9 Å². The van der Waals surface area contributed by atoms with Gasteiger partial charge in [-0.05, 0) is 18.2 Å². The third-order valence-corrected chi connectivity index (χ3v) is 3.99. The van der Waals surface area contributed by atoms with E-state index in [2.05, 4.69) is 37.2 Å². The number of aliphatic hydroxyl groups is 1. The highest BCUT2D eigenvalue weighted by atomic mass is 79.9. The first-order valence-electron chi connectivity index (χ1n) is 5.61. The summed E-state index contributed by atoms with van der Waals surface area (Å²) in [5.74, 6) is -0.0928. The zero-order valence-electron chi connectivity index (χ0n) is 9.86. The number of hydrogen-bond acceptors (Lipinski definition) is 3. The number of amides is 1. The smallest absolute Gasteiger partial charge is 0.254 e. The van der Waals surface area contributed by atoms with E-state index in [9.17, 15) is 9.90 Å². The Kier molecular flexibility index (Phi) is 4.42. The Morgan fingerprint density at radius 2 is 1.94 bits per heavy atom. The summed E-state index contributed by atoms with van der Waals surface area (Å²) in [5, 5.41) is 12.9. The number of hydrogen-bond donors (Lipinski definition) is 2. The van der Waals surface area contributed by atoms with Gasteiger partial charge in [-0.2, -0.15) is 0 Å². The van der Waals surface area contributed by atoms with Crippen LogP contribution in [0.4, 0.5) is 0 Å². The molecule has 0 spiro atoms. The Labute approximate surface area is 123 Å². The molecule has 1 aromatic rings. The number of rotatable bonds is 2. The molecule has 1 fully saturated rings. The lowest BCUT2D eigenvalue weighted by Crippen LogP contribution is -2.44. The first-order valence-corrected chi connectivity index (χ1v) is 7.19. The van der Waals surface area contributed by atoms with Crippen LogP contribution in [-0.2, 0) is 0 Å². The van der Waals surface area contributed by atoms with Gasteiger partial charge in [0.05, 0.1) is 12.1 Å². The average Bonchev–Trinajstić information content (AvgIpc) is 2.72. The third kappa shape index (κ3) is 2.93. The van der Waals surface area contributed by atoms with Crippen molar-refractivity contribution in [2.45, 2.75) is 12.1 Å². The molecule has 0 radical (unpaired) electrons. The molecule has 1 amide bonds. The van der Waals surface area contributed by atoms with Gasteiger partial charge in [0, 0.05) is 34.6 Å². The summed E-state index contributed by atoms with van der Waals surface area (Å²) < 4.78 is 1.69. The highest BCUT2D eigenvalue weighted by Gasteiger charge is 2.31. The molecule has 0 aliphatic carbocycles. The first kappa shape index (κ1) is 14.0. The van der Waals surface area contributed by atoms with Crippen LogP contribution in [0.2, 0.25) is 0 Å². The second-order valence-corrected chi connectivity index (χ2v) is 6.20. The molecular formula is C12H14Br2N2O2. The fourth-order valence-electron chi connectivity index (χ4n) is 2.08. The molecule has 4 nitrogen and oxygen atoms in total. The number of nitrogens with one attached hydrogen (secondary N) is 1. The summed E-state index contributed by atoms with van der Waals surface area (Å²) in [6, 6.07) is 5.26. The van der Waals surface area contributed by atoms with E-state index in [0.29, 0.717) is 18.7 Å². The fourth-order valence-corrected chi connectivity index (χ4v) is 3.37. The number of nitrogens with zero attached hydrogens (tertiary/aromatic N) is 1. The minimum absolute atomic E-state index is 0.0928. The fraction of sp³-hybridized carbons (Fsp3) is 0.417. The summed E-state index contributed by atoms with van der Waals surface area (Å²) in [5.41, 5.74) is 0.595. The minimum atomic E-state index is -0.505. The topological polar surface area (TPSA) is 52.6 Å². The molecule has 1 saturated heterocycles. The number of β-amino-alcohol motifs (C(OH)–C–C–N with tert-alkyl or cyclic N) is 1. The maximum Gasteiger partial charge on any atom is 0.254 e. The van der Waals surface area contributed by atoms with Crippen LogP contribution in [-0.4, -0.2) is 48.2 Å². The average molecular weight is 378 g/mol. The maximum absolute atomic E-state index is 12.3. The summed E-state index contributed by atoms with van der Waals surface area (Å²) in [6.45, 7) is 1.16. The molecule has 0 aromatic heterocycles. The van der Waals surface area contributed by atoms with Crippen molar-refractivity contribution in [1.82, 2.24) is 10.2 Å². The Balaban J connectivity index is 2.19. The number of carbonyl (C=O) groups excluding carboxylic acids is 1. The molecule has 6 heteroatoms. The van der Waals surface area contributed by atoms with Gasteiger partial charge in [-0.3, -0.25) is 4.79 Å². The second kappa shape index (κ2) is 5.69. The van der Waals surface area contributed by atoms with Crippen molar-refractivity contribution >= 4 is 37.8 Å². The SMILES string of the molecule is CN(C(=O)c1cc(Br)cc(Br)c1)[C@H]1CNC[C@@H]1O. The molecule has 0 bridgehead atoms. The molecule has 2 rings (SSSR count). The third-order valence-electron chi connectivity index (χ3n) is 3.08. The summed E-state index contributed by atoms with van der Waals surface area (Å²) in [7, 11) is 1.72. The Bertz CT molecular complexity index is 447. The maximum atomic E-state index is 12.3. The Morgan fingerprint density at radius 1 is 1.33 bits per heavy atom. The van der Waals surface area contributed by atoms with Gasteiger partial charge in [0.25, 0.3) is 5.91 Å². The van der Waals surface area contributed by atoms with Gasteiger partial charge in [-0.15, -0.1) is 0 Å². The van der Waals surface area contributed by atoms with Crippen LogP contribution in [0.25, 0.3) is 0 Å². The van der Waals surface area contributed by atoms with Crippen LogP contribution in [0, 0.1) is 0 Å². The van der Waals surface area contributed by atoms with E-state index >= 15 is 0 Å². The van der Waals surface area contributed by atoms with Crippen molar-refractivity contribution in [3.8, 4) is 0 Å². The molecule has 0 unspecified atom stereocenters. The van der Waals surface area contributed by atoms with Crippen molar-refractivity contribution in [2.24, 2.45) is 0 Å². The second-order valence-electron chi connectivity index (χ2n) is 4.37. The van der Waals surface area contributed by atoms with E-state index in [0.717, 1.165) is 8.95 Å². The van der Waals surface area contributed by atoms with Gasteiger partial charge >= 0.3 is 0 Å². The van der Waals surface area contributed by atoms with Crippen molar-refractivity contribution in [3.63, 3.8) is 0 Å². The monoisotopic (exact) mass is 376 g/mol. The van der Waals surface area contributed by atoms with Crippen molar-refractivity contribution in [1.29, 1.82) is 0 Å². The number of likely N-dealkylation sites (N-methyl/N-ethyl adjacent to an activating group) is 1. The number of carbonyl (C=O) groups is 1. The number of halogens is 2. The number of benzene rings is 1. The summed E-state index contributed by atoms with van der Waals surface area (Å²) in [4.78, 5) is 13.9. The van der Waals surface area contributed by atoms with Gasteiger partial charge in [0.1, 0.15) is 0 Å². The predicted octanol–water partition coefficient (Wildman–Crippen LogP) is 1.62. The van der Waals surface area contributed by atoms with E-state index < -0.39 is 6.10 Å². The zero-order chi connectivity index (χ0) is 13.3. The lowest BCUT2D eigenvalue weighted by atomic mass is 10.1. The van der Waals surface area contributed by atoms with Gasteiger partial charge < -0.3 is 15.3 Å². The lowest BCUT2D eigenvalue weighted by molar-refractivity contribution is 0.0581.